The van der Waals surface area contributed by atoms with E-state index in [1.165, 1.54) is 12.7 Å². The fourth-order valence-electron chi connectivity index (χ4n) is 5.03. The molecular formula is C29H34N2O5. The molecule has 0 aliphatic heterocycles. The van der Waals surface area contributed by atoms with E-state index in [4.69, 9.17) is 9.15 Å². The van der Waals surface area contributed by atoms with Gasteiger partial charge in [0.1, 0.15) is 0 Å². The molecule has 0 spiro atoms. The summed E-state index contributed by atoms with van der Waals surface area (Å²) in [6.45, 7) is 3.72. The number of methoxy groups -OCH3 is 1. The molecule has 36 heavy (non-hydrogen) atoms. The number of anilines is 1. The summed E-state index contributed by atoms with van der Waals surface area (Å²) >= 11 is 0. The third-order valence-electron chi connectivity index (χ3n) is 7.34. The Hall–Kier alpha value is -3.45. The first kappa shape index (κ1) is 25.6. The van der Waals surface area contributed by atoms with Crippen molar-refractivity contribution in [3.8, 4) is 11.1 Å². The van der Waals surface area contributed by atoms with Gasteiger partial charge in [0.25, 0.3) is 5.91 Å². The summed E-state index contributed by atoms with van der Waals surface area (Å²) in [6, 6.07) is 16.3. The minimum absolute atomic E-state index is 0.0159. The van der Waals surface area contributed by atoms with Crippen LogP contribution in [0.5, 0.6) is 0 Å². The fourth-order valence-corrected chi connectivity index (χ4v) is 5.03. The molecule has 1 saturated carbocycles. The molecule has 0 bridgehead atoms. The van der Waals surface area contributed by atoms with Crippen LogP contribution in [-0.2, 0) is 16.0 Å². The molecule has 7 heteroatoms. The Balaban J connectivity index is 1.37. The number of rotatable bonds is 8. The first-order valence-electron chi connectivity index (χ1n) is 12.5. The van der Waals surface area contributed by atoms with Gasteiger partial charge in [-0.05, 0) is 67.3 Å². The Morgan fingerprint density at radius 3 is 2.22 bits per heavy atom. The first-order valence-corrected chi connectivity index (χ1v) is 12.5. The van der Waals surface area contributed by atoms with Gasteiger partial charge in [0.05, 0.1) is 19.2 Å². The summed E-state index contributed by atoms with van der Waals surface area (Å²) in [6.07, 6.45) is 4.42. The molecule has 7 nitrogen and oxygen atoms in total. The molecule has 1 heterocycles. The van der Waals surface area contributed by atoms with Gasteiger partial charge in [0, 0.05) is 24.1 Å². The zero-order chi connectivity index (χ0) is 25.7. The Kier molecular flexibility index (Phi) is 7.89. The zero-order valence-electron chi connectivity index (χ0n) is 21.2. The van der Waals surface area contributed by atoms with Gasteiger partial charge in [0.15, 0.2) is 5.89 Å². The summed E-state index contributed by atoms with van der Waals surface area (Å²) in [5.74, 6) is 0.660. The molecule has 2 N–H and O–H groups in total. The fraction of sp³-hybridized carbons (Fsp3) is 0.414. The highest BCUT2D eigenvalue weighted by Gasteiger charge is 2.37. The van der Waals surface area contributed by atoms with E-state index in [-0.39, 0.29) is 36.1 Å². The van der Waals surface area contributed by atoms with Crippen molar-refractivity contribution in [2.24, 2.45) is 5.41 Å². The van der Waals surface area contributed by atoms with Crippen LogP contribution in [0.15, 0.2) is 52.9 Å². The number of aromatic nitrogens is 1. The number of oxazole rings is 1. The third kappa shape index (κ3) is 5.68. The lowest BCUT2D eigenvalue weighted by Crippen LogP contribution is -2.33. The van der Waals surface area contributed by atoms with Crippen molar-refractivity contribution >= 4 is 17.6 Å². The van der Waals surface area contributed by atoms with Crippen LogP contribution >= 0.6 is 0 Å². The molecule has 4 rings (SSSR count). The summed E-state index contributed by atoms with van der Waals surface area (Å²) in [5, 5.41) is 12.8. The van der Waals surface area contributed by atoms with Crippen LogP contribution in [0, 0.1) is 12.3 Å². The average molecular weight is 491 g/mol. The monoisotopic (exact) mass is 490 g/mol. The van der Waals surface area contributed by atoms with Crippen molar-refractivity contribution in [2.75, 3.05) is 19.0 Å². The van der Waals surface area contributed by atoms with Gasteiger partial charge in [-0.1, -0.05) is 43.3 Å². The molecule has 1 aromatic heterocycles. The zero-order valence-corrected chi connectivity index (χ0v) is 21.2. The van der Waals surface area contributed by atoms with Gasteiger partial charge in [-0.3, -0.25) is 9.59 Å². The predicted octanol–water partition coefficient (Wildman–Crippen LogP) is 5.66. The molecule has 0 unspecified atom stereocenters. The number of carbonyl (C=O) groups excluding carboxylic acids is 2. The SMILES string of the molecule is CCc1nc(C)c(C(=O)Nc2ccc(-c3ccc(C4CCC(CO)(CC(=O)OC)CC4)cc3)cc2)o1. The van der Waals surface area contributed by atoms with Crippen LogP contribution in [0.4, 0.5) is 5.69 Å². The number of nitrogens with zero attached hydrogens (tertiary/aromatic N) is 1. The number of amides is 1. The first-order chi connectivity index (χ1) is 17.4. The van der Waals surface area contributed by atoms with E-state index in [2.05, 4.69) is 34.6 Å². The van der Waals surface area contributed by atoms with Crippen molar-refractivity contribution < 1.29 is 23.8 Å². The lowest BCUT2D eigenvalue weighted by Gasteiger charge is -2.38. The smallest absolute Gasteiger partial charge is 0.306 e. The van der Waals surface area contributed by atoms with Gasteiger partial charge < -0.3 is 19.6 Å². The number of esters is 1. The van der Waals surface area contributed by atoms with Gasteiger partial charge in [-0.2, -0.15) is 0 Å². The topological polar surface area (TPSA) is 102 Å². The van der Waals surface area contributed by atoms with Crippen LogP contribution in [-0.4, -0.2) is 35.7 Å². The molecule has 2 aromatic carbocycles. The predicted molar refractivity (Wildman–Crippen MR) is 138 cm³/mol. The maximum Gasteiger partial charge on any atom is 0.306 e. The number of hydrogen-bond acceptors (Lipinski definition) is 6. The van der Waals surface area contributed by atoms with Crippen molar-refractivity contribution in [3.63, 3.8) is 0 Å². The molecule has 1 fully saturated rings. The molecule has 1 amide bonds. The summed E-state index contributed by atoms with van der Waals surface area (Å²) < 4.78 is 10.4. The molecule has 190 valence electrons. The number of ether oxygens (including phenoxy) is 1. The second kappa shape index (κ2) is 11.1. The number of aliphatic hydroxyl groups is 1. The number of nitrogens with one attached hydrogen (secondary N) is 1. The normalized spacial score (nSPS) is 19.6. The summed E-state index contributed by atoms with van der Waals surface area (Å²) in [4.78, 5) is 28.6. The average Bonchev–Trinajstić information content (AvgIpc) is 3.30. The highest BCUT2D eigenvalue weighted by atomic mass is 16.5. The molecule has 0 atom stereocenters. The van der Waals surface area contributed by atoms with E-state index < -0.39 is 0 Å². The second-order valence-electron chi connectivity index (χ2n) is 9.71. The second-order valence-corrected chi connectivity index (χ2v) is 9.71. The van der Waals surface area contributed by atoms with Crippen LogP contribution in [0.2, 0.25) is 0 Å². The number of hydrogen-bond donors (Lipinski definition) is 2. The van der Waals surface area contributed by atoms with Gasteiger partial charge in [0.2, 0.25) is 5.76 Å². The number of benzene rings is 2. The summed E-state index contributed by atoms with van der Waals surface area (Å²) in [5.41, 5.74) is 4.36. The number of aliphatic hydroxyl groups excluding tert-OH is 1. The largest absolute Gasteiger partial charge is 0.469 e. The molecule has 3 aromatic rings. The lowest BCUT2D eigenvalue weighted by molar-refractivity contribution is -0.145. The highest BCUT2D eigenvalue weighted by Crippen LogP contribution is 2.45. The van der Waals surface area contributed by atoms with Crippen molar-refractivity contribution in [1.29, 1.82) is 0 Å². The molecule has 0 saturated heterocycles. The Morgan fingerprint density at radius 1 is 1.08 bits per heavy atom. The van der Waals surface area contributed by atoms with Crippen LogP contribution < -0.4 is 5.32 Å². The van der Waals surface area contributed by atoms with Crippen LogP contribution in [0.25, 0.3) is 11.1 Å². The van der Waals surface area contributed by atoms with Crippen molar-refractivity contribution in [3.05, 3.63) is 71.4 Å². The molecule has 1 aliphatic rings. The van der Waals surface area contributed by atoms with Crippen LogP contribution in [0.3, 0.4) is 0 Å². The standard InChI is InChI=1S/C29H34N2O5/c1-4-25-30-19(2)27(36-25)28(34)31-24-11-9-22(10-12-24)20-5-7-21(8-6-20)23-13-15-29(18-32,16-14-23)17-26(33)35-3/h5-12,23,32H,4,13-18H2,1-3H3,(H,31,34). The van der Waals surface area contributed by atoms with Gasteiger partial charge >= 0.3 is 5.97 Å². The molecule has 0 radical (unpaired) electrons. The van der Waals surface area contributed by atoms with Gasteiger partial charge in [-0.15, -0.1) is 0 Å². The van der Waals surface area contributed by atoms with E-state index in [1.807, 2.05) is 31.2 Å². The lowest BCUT2D eigenvalue weighted by atomic mass is 9.67. The van der Waals surface area contributed by atoms with Gasteiger partial charge in [-0.25, -0.2) is 4.98 Å². The maximum absolute atomic E-state index is 12.6. The quantitative estimate of drug-likeness (QED) is 0.395. The molecule has 1 aliphatic carbocycles. The van der Waals surface area contributed by atoms with E-state index in [0.717, 1.165) is 36.8 Å². The van der Waals surface area contributed by atoms with E-state index >= 15 is 0 Å². The Bertz CT molecular complexity index is 1190. The van der Waals surface area contributed by atoms with E-state index in [9.17, 15) is 14.7 Å². The Labute approximate surface area is 211 Å². The summed E-state index contributed by atoms with van der Waals surface area (Å²) in [7, 11) is 1.39. The minimum atomic E-state index is -0.356. The number of carbonyl (C=O) groups is 2. The highest BCUT2D eigenvalue weighted by molar-refractivity contribution is 6.03. The van der Waals surface area contributed by atoms with E-state index in [0.29, 0.717) is 29.6 Å². The number of aryl methyl sites for hydroxylation is 2. The third-order valence-corrected chi connectivity index (χ3v) is 7.34. The van der Waals surface area contributed by atoms with E-state index in [1.54, 1.807) is 6.92 Å². The minimum Gasteiger partial charge on any atom is -0.469 e. The van der Waals surface area contributed by atoms with Crippen molar-refractivity contribution in [2.45, 2.75) is 58.3 Å². The maximum atomic E-state index is 12.6. The Morgan fingerprint density at radius 2 is 1.69 bits per heavy atom. The molecular weight excluding hydrogens is 456 g/mol. The van der Waals surface area contributed by atoms with Crippen LogP contribution in [0.1, 0.15) is 72.6 Å². The van der Waals surface area contributed by atoms with Crippen molar-refractivity contribution in [1.82, 2.24) is 4.98 Å².